The van der Waals surface area contributed by atoms with Gasteiger partial charge in [-0.1, -0.05) is 0 Å². The largest absolute Gasteiger partial charge is 0.337 e. The summed E-state index contributed by atoms with van der Waals surface area (Å²) in [5.41, 5.74) is 2.65. The van der Waals surface area contributed by atoms with Gasteiger partial charge in [0.25, 0.3) is 0 Å². The van der Waals surface area contributed by atoms with Gasteiger partial charge in [-0.05, 0) is 63.6 Å². The first-order chi connectivity index (χ1) is 15.0. The normalized spacial score (nSPS) is 18.4. The van der Waals surface area contributed by atoms with Gasteiger partial charge in [-0.15, -0.1) is 11.3 Å². The molecule has 2 aliphatic rings. The summed E-state index contributed by atoms with van der Waals surface area (Å²) in [7, 11) is 1.86. The summed E-state index contributed by atoms with van der Waals surface area (Å²) in [5, 5.41) is 1.72. The molecule has 1 aliphatic heterocycles. The minimum Gasteiger partial charge on any atom is -0.337 e. The van der Waals surface area contributed by atoms with Crippen LogP contribution >= 0.6 is 11.3 Å². The van der Waals surface area contributed by atoms with Gasteiger partial charge in [0, 0.05) is 23.9 Å². The van der Waals surface area contributed by atoms with Crippen molar-refractivity contribution < 1.29 is 9.18 Å². The number of hydrogen-bond donors (Lipinski definition) is 0. The van der Waals surface area contributed by atoms with Crippen molar-refractivity contribution in [3.8, 4) is 0 Å². The fraction of sp³-hybridized carbons (Fsp3) is 0.478. The van der Waals surface area contributed by atoms with E-state index in [0.717, 1.165) is 42.9 Å². The van der Waals surface area contributed by atoms with E-state index in [-0.39, 0.29) is 17.8 Å². The molecule has 0 N–H and O–H groups in total. The van der Waals surface area contributed by atoms with Crippen molar-refractivity contribution in [3.05, 3.63) is 45.3 Å². The minimum atomic E-state index is -0.299. The second-order valence-electron chi connectivity index (χ2n) is 8.50. The monoisotopic (exact) mass is 439 g/mol. The second-order valence-corrected chi connectivity index (χ2v) is 9.67. The maximum absolute atomic E-state index is 13.6. The molecule has 1 aromatic carbocycles. The molecule has 3 aromatic rings. The summed E-state index contributed by atoms with van der Waals surface area (Å²) in [6.07, 6.45) is 6.31. The number of amides is 1. The molecule has 1 fully saturated rings. The zero-order chi connectivity index (χ0) is 21.5. The molecule has 0 radical (unpaired) electrons. The third kappa shape index (κ3) is 3.89. The van der Waals surface area contributed by atoms with Gasteiger partial charge in [-0.3, -0.25) is 4.79 Å². The lowest BCUT2D eigenvalue weighted by atomic mass is 10.0. The quantitative estimate of drug-likeness (QED) is 0.614. The van der Waals surface area contributed by atoms with Crippen LogP contribution in [0.2, 0.25) is 0 Å². The molecule has 6 nitrogen and oxygen atoms in total. The van der Waals surface area contributed by atoms with Gasteiger partial charge >= 0.3 is 0 Å². The fourth-order valence-corrected chi connectivity index (χ4v) is 5.85. The van der Waals surface area contributed by atoms with E-state index < -0.39 is 0 Å². The van der Waals surface area contributed by atoms with Crippen LogP contribution in [0.25, 0.3) is 10.9 Å². The number of anilines is 1. The topological polar surface area (TPSA) is 62.2 Å². The van der Waals surface area contributed by atoms with Gasteiger partial charge in [0.1, 0.15) is 16.9 Å². The Bertz CT molecular complexity index is 1120. The third-order valence-electron chi connectivity index (χ3n) is 6.27. The highest BCUT2D eigenvalue weighted by Crippen LogP contribution is 2.29. The minimum absolute atomic E-state index is 0.0751. The first-order valence-corrected chi connectivity index (χ1v) is 11.7. The standard InChI is InChI=1S/C23H26FN5OS/c1-14-16-12-15(24)9-10-17(16)27-23(25-14)29-11-5-7-19(29)22(30)28(2)13-21-26-18-6-3-4-8-20(18)31-21/h9-10,12,19H,3-8,11,13H2,1-2H3/t19-/m0/s1. The van der Waals surface area contributed by atoms with Crippen LogP contribution in [-0.4, -0.2) is 45.4 Å². The Morgan fingerprint density at radius 1 is 1.23 bits per heavy atom. The summed E-state index contributed by atoms with van der Waals surface area (Å²) in [6.45, 7) is 3.13. The van der Waals surface area contributed by atoms with Crippen LogP contribution < -0.4 is 4.90 Å². The smallest absolute Gasteiger partial charge is 0.245 e. The number of fused-ring (bicyclic) bond motifs is 2. The number of benzene rings is 1. The highest BCUT2D eigenvalue weighted by atomic mass is 32.1. The van der Waals surface area contributed by atoms with E-state index in [9.17, 15) is 9.18 Å². The molecule has 8 heteroatoms. The maximum Gasteiger partial charge on any atom is 0.245 e. The summed E-state index contributed by atoms with van der Waals surface area (Å²) < 4.78 is 13.6. The van der Waals surface area contributed by atoms with Crippen LogP contribution in [-0.2, 0) is 24.2 Å². The van der Waals surface area contributed by atoms with Crippen LogP contribution in [0.4, 0.5) is 10.3 Å². The van der Waals surface area contributed by atoms with E-state index in [1.165, 1.54) is 35.5 Å². The molecule has 0 spiro atoms. The number of aryl methyl sites for hydroxylation is 3. The summed E-state index contributed by atoms with van der Waals surface area (Å²) in [4.78, 5) is 32.5. The van der Waals surface area contributed by atoms with Crippen LogP contribution in [0.3, 0.4) is 0 Å². The van der Waals surface area contributed by atoms with Gasteiger partial charge in [0.2, 0.25) is 11.9 Å². The number of likely N-dealkylation sites (N-methyl/N-ethyl adjacent to an activating group) is 1. The number of halogens is 1. The predicted octanol–water partition coefficient (Wildman–Crippen LogP) is 4.04. The lowest BCUT2D eigenvalue weighted by molar-refractivity contribution is -0.131. The molecule has 2 aromatic heterocycles. The van der Waals surface area contributed by atoms with Crippen molar-refractivity contribution >= 4 is 34.1 Å². The van der Waals surface area contributed by atoms with E-state index in [1.54, 1.807) is 22.3 Å². The Morgan fingerprint density at radius 2 is 2.06 bits per heavy atom. The zero-order valence-corrected chi connectivity index (χ0v) is 18.7. The number of carbonyl (C=O) groups excluding carboxylic acids is 1. The Hall–Kier alpha value is -2.61. The van der Waals surface area contributed by atoms with Gasteiger partial charge in [0.15, 0.2) is 0 Å². The van der Waals surface area contributed by atoms with Crippen LogP contribution in [0.1, 0.15) is 47.0 Å². The van der Waals surface area contributed by atoms with Crippen molar-refractivity contribution in [2.75, 3.05) is 18.5 Å². The van der Waals surface area contributed by atoms with Crippen LogP contribution in [0, 0.1) is 12.7 Å². The van der Waals surface area contributed by atoms with Crippen LogP contribution in [0.15, 0.2) is 18.2 Å². The van der Waals surface area contributed by atoms with E-state index >= 15 is 0 Å². The number of nitrogens with zero attached hydrogens (tertiary/aromatic N) is 5. The van der Waals surface area contributed by atoms with E-state index in [4.69, 9.17) is 4.98 Å². The molecule has 1 amide bonds. The molecule has 1 atom stereocenters. The van der Waals surface area contributed by atoms with Gasteiger partial charge < -0.3 is 9.80 Å². The molecule has 0 saturated carbocycles. The Kier molecular flexibility index (Phi) is 5.33. The number of thiazole rings is 1. The molecule has 0 unspecified atom stereocenters. The van der Waals surface area contributed by atoms with Crippen molar-refractivity contribution in [2.45, 2.75) is 58.0 Å². The molecule has 31 heavy (non-hydrogen) atoms. The molecule has 0 bridgehead atoms. The second kappa shape index (κ2) is 8.15. The van der Waals surface area contributed by atoms with E-state index in [0.29, 0.717) is 23.4 Å². The highest BCUT2D eigenvalue weighted by molar-refractivity contribution is 7.11. The Labute approximate surface area is 185 Å². The average Bonchev–Trinajstić information content (AvgIpc) is 3.40. The maximum atomic E-state index is 13.6. The first kappa shape index (κ1) is 20.3. The van der Waals surface area contributed by atoms with Crippen molar-refractivity contribution in [1.29, 1.82) is 0 Å². The number of rotatable bonds is 4. The van der Waals surface area contributed by atoms with Crippen LogP contribution in [0.5, 0.6) is 0 Å². The number of carbonyl (C=O) groups is 1. The molecule has 1 aliphatic carbocycles. The lowest BCUT2D eigenvalue weighted by Crippen LogP contribution is -2.44. The Balaban J connectivity index is 1.36. The molecule has 162 valence electrons. The summed E-state index contributed by atoms with van der Waals surface area (Å²) >= 11 is 1.75. The molecule has 1 saturated heterocycles. The van der Waals surface area contributed by atoms with Crippen molar-refractivity contribution in [3.63, 3.8) is 0 Å². The average molecular weight is 440 g/mol. The molecule has 5 rings (SSSR count). The van der Waals surface area contributed by atoms with Gasteiger partial charge in [0.05, 0.1) is 23.4 Å². The fourth-order valence-electron chi connectivity index (χ4n) is 4.64. The summed E-state index contributed by atoms with van der Waals surface area (Å²) in [6, 6.07) is 4.26. The molecule has 3 heterocycles. The predicted molar refractivity (Wildman–Crippen MR) is 120 cm³/mol. The third-order valence-corrected chi connectivity index (χ3v) is 7.41. The van der Waals surface area contributed by atoms with E-state index in [1.807, 2.05) is 18.9 Å². The number of hydrogen-bond acceptors (Lipinski definition) is 6. The van der Waals surface area contributed by atoms with Gasteiger partial charge in [-0.2, -0.15) is 0 Å². The highest BCUT2D eigenvalue weighted by Gasteiger charge is 2.35. The van der Waals surface area contributed by atoms with Crippen molar-refractivity contribution in [1.82, 2.24) is 19.9 Å². The molecular weight excluding hydrogens is 413 g/mol. The zero-order valence-electron chi connectivity index (χ0n) is 17.9. The lowest BCUT2D eigenvalue weighted by Gasteiger charge is -2.28. The van der Waals surface area contributed by atoms with Gasteiger partial charge in [-0.25, -0.2) is 19.3 Å². The molecular formula is C23H26FN5OS. The summed E-state index contributed by atoms with van der Waals surface area (Å²) in [5.74, 6) is 0.323. The van der Waals surface area contributed by atoms with E-state index in [2.05, 4.69) is 9.97 Å². The first-order valence-electron chi connectivity index (χ1n) is 10.9. The Morgan fingerprint density at radius 3 is 2.90 bits per heavy atom. The van der Waals surface area contributed by atoms with Crippen molar-refractivity contribution in [2.24, 2.45) is 0 Å². The SMILES string of the molecule is Cc1nc(N2CCC[C@H]2C(=O)N(C)Cc2nc3c(s2)CCCC3)nc2ccc(F)cc12. The number of aromatic nitrogens is 3.